The predicted molar refractivity (Wildman–Crippen MR) is 125 cm³/mol. The maximum atomic E-state index is 12.9. The number of unbranched alkanes of at least 4 members (excludes halogenated alkanes) is 1. The van der Waals surface area contributed by atoms with Crippen LogP contribution in [0.15, 0.2) is 60.7 Å². The van der Waals surface area contributed by atoms with Crippen LogP contribution >= 0.6 is 0 Å². The summed E-state index contributed by atoms with van der Waals surface area (Å²) in [7, 11) is 0. The molecule has 2 aromatic rings. The van der Waals surface area contributed by atoms with E-state index < -0.39 is 0 Å². The molecule has 0 atom stereocenters. The second-order valence-corrected chi connectivity index (χ2v) is 8.20. The summed E-state index contributed by atoms with van der Waals surface area (Å²) in [6.07, 6.45) is 2.82. The highest BCUT2D eigenvalue weighted by Gasteiger charge is 2.32. The lowest BCUT2D eigenvalue weighted by atomic mass is 9.96. The molecule has 0 aromatic heterocycles. The van der Waals surface area contributed by atoms with E-state index in [1.54, 1.807) is 9.80 Å². The molecule has 5 nitrogen and oxygen atoms in total. The number of hydrogen-bond donors (Lipinski definition) is 0. The molecule has 0 aliphatic carbocycles. The molecule has 166 valence electrons. The molecule has 1 heterocycles. The van der Waals surface area contributed by atoms with Gasteiger partial charge in [-0.1, -0.05) is 80.9 Å². The van der Waals surface area contributed by atoms with Crippen molar-refractivity contribution < 1.29 is 9.59 Å². The molecule has 0 unspecified atom stereocenters. The zero-order valence-electron chi connectivity index (χ0n) is 18.9. The molecule has 0 saturated carbocycles. The predicted octanol–water partition coefficient (Wildman–Crippen LogP) is 3.96. The first-order valence-corrected chi connectivity index (χ1v) is 11.6. The van der Waals surface area contributed by atoms with Gasteiger partial charge in [0.15, 0.2) is 0 Å². The summed E-state index contributed by atoms with van der Waals surface area (Å²) in [5.41, 5.74) is 2.50. The Hall–Kier alpha value is -2.66. The minimum absolute atomic E-state index is 0.150. The number of nitrogens with zero attached hydrogens (tertiary/aromatic N) is 3. The zero-order chi connectivity index (χ0) is 22.1. The Kier molecular flexibility index (Phi) is 8.65. The summed E-state index contributed by atoms with van der Waals surface area (Å²) in [4.78, 5) is 31.6. The zero-order valence-corrected chi connectivity index (χ0v) is 18.9. The third-order valence-corrected chi connectivity index (χ3v) is 5.94. The average molecular weight is 422 g/mol. The monoisotopic (exact) mass is 421 g/mol. The van der Waals surface area contributed by atoms with Crippen LogP contribution in [0.3, 0.4) is 0 Å². The summed E-state index contributed by atoms with van der Waals surface area (Å²) in [6.45, 7) is 8.11. The van der Waals surface area contributed by atoms with Crippen LogP contribution in [0.25, 0.3) is 0 Å². The molecule has 0 bridgehead atoms. The first kappa shape index (κ1) is 23.0. The number of piperazine rings is 1. The van der Waals surface area contributed by atoms with Gasteiger partial charge in [0.1, 0.15) is 0 Å². The number of rotatable bonds is 8. The first-order chi connectivity index (χ1) is 15.2. The molecule has 5 heteroatoms. The second-order valence-electron chi connectivity index (χ2n) is 8.20. The third-order valence-electron chi connectivity index (χ3n) is 5.94. The van der Waals surface area contributed by atoms with Crippen molar-refractivity contribution in [1.29, 1.82) is 0 Å². The number of amides is 2. The van der Waals surface area contributed by atoms with Crippen molar-refractivity contribution in [3.8, 4) is 0 Å². The molecular weight excluding hydrogens is 386 g/mol. The Morgan fingerprint density at radius 3 is 1.84 bits per heavy atom. The highest BCUT2D eigenvalue weighted by atomic mass is 16.2. The molecule has 1 aliphatic heterocycles. The van der Waals surface area contributed by atoms with E-state index in [0.29, 0.717) is 26.2 Å². The van der Waals surface area contributed by atoms with Gasteiger partial charge in [-0.05, 0) is 24.0 Å². The van der Waals surface area contributed by atoms with Crippen LogP contribution in [0, 0.1) is 0 Å². The van der Waals surface area contributed by atoms with E-state index in [1.807, 2.05) is 19.1 Å². The number of benzene rings is 2. The second kappa shape index (κ2) is 11.7. The lowest BCUT2D eigenvalue weighted by Crippen LogP contribution is -2.54. The maximum Gasteiger partial charge on any atom is 0.312 e. The van der Waals surface area contributed by atoms with Gasteiger partial charge in [0.25, 0.3) is 0 Å². The van der Waals surface area contributed by atoms with E-state index >= 15 is 0 Å². The molecule has 1 saturated heterocycles. The Morgan fingerprint density at radius 2 is 1.35 bits per heavy atom. The van der Waals surface area contributed by atoms with Crippen LogP contribution in [-0.4, -0.2) is 65.8 Å². The third kappa shape index (κ3) is 5.95. The van der Waals surface area contributed by atoms with Crippen molar-refractivity contribution >= 4 is 11.8 Å². The van der Waals surface area contributed by atoms with Crippen molar-refractivity contribution in [2.45, 2.75) is 39.2 Å². The van der Waals surface area contributed by atoms with Gasteiger partial charge in [-0.25, -0.2) is 0 Å². The van der Waals surface area contributed by atoms with Crippen molar-refractivity contribution in [1.82, 2.24) is 14.7 Å². The smallest absolute Gasteiger partial charge is 0.312 e. The summed E-state index contributed by atoms with van der Waals surface area (Å²) in [5, 5.41) is 0. The SMILES string of the molecule is CCCCN(CCC)C(=O)C(=O)N1CCN(C(c2ccccc2)c2ccccc2)CC1. The molecule has 2 aromatic carbocycles. The minimum Gasteiger partial charge on any atom is -0.334 e. The van der Waals surface area contributed by atoms with Gasteiger partial charge in [0.2, 0.25) is 0 Å². The lowest BCUT2D eigenvalue weighted by Gasteiger charge is -2.40. The Labute approximate surface area is 186 Å². The number of hydrogen-bond acceptors (Lipinski definition) is 3. The Morgan fingerprint density at radius 1 is 0.806 bits per heavy atom. The van der Waals surface area contributed by atoms with Crippen LogP contribution in [-0.2, 0) is 9.59 Å². The highest BCUT2D eigenvalue weighted by molar-refractivity contribution is 6.34. The van der Waals surface area contributed by atoms with Crippen LogP contribution in [0.4, 0.5) is 0 Å². The molecule has 31 heavy (non-hydrogen) atoms. The van der Waals surface area contributed by atoms with Crippen LogP contribution in [0.5, 0.6) is 0 Å². The molecular formula is C26H35N3O2. The Bertz CT molecular complexity index is 778. The van der Waals surface area contributed by atoms with Crippen LogP contribution in [0.1, 0.15) is 50.3 Å². The summed E-state index contributed by atoms with van der Waals surface area (Å²) >= 11 is 0. The van der Waals surface area contributed by atoms with E-state index in [2.05, 4.69) is 60.4 Å². The fraction of sp³-hybridized carbons (Fsp3) is 0.462. The fourth-order valence-corrected chi connectivity index (χ4v) is 4.27. The van der Waals surface area contributed by atoms with E-state index in [1.165, 1.54) is 11.1 Å². The van der Waals surface area contributed by atoms with E-state index in [0.717, 1.165) is 32.4 Å². The van der Waals surface area contributed by atoms with Gasteiger partial charge in [-0.15, -0.1) is 0 Å². The normalized spacial score (nSPS) is 14.6. The van der Waals surface area contributed by atoms with Crippen molar-refractivity contribution in [2.24, 2.45) is 0 Å². The van der Waals surface area contributed by atoms with E-state index in [9.17, 15) is 9.59 Å². The molecule has 3 rings (SSSR count). The van der Waals surface area contributed by atoms with E-state index in [4.69, 9.17) is 0 Å². The van der Waals surface area contributed by atoms with Gasteiger partial charge in [-0.2, -0.15) is 0 Å². The molecule has 0 radical (unpaired) electrons. The topological polar surface area (TPSA) is 43.9 Å². The van der Waals surface area contributed by atoms with Gasteiger partial charge in [0.05, 0.1) is 6.04 Å². The number of carbonyl (C=O) groups is 2. The molecule has 0 N–H and O–H groups in total. The summed E-state index contributed by atoms with van der Waals surface area (Å²) < 4.78 is 0. The van der Waals surface area contributed by atoms with Gasteiger partial charge in [0, 0.05) is 39.3 Å². The number of carbonyl (C=O) groups excluding carboxylic acids is 2. The lowest BCUT2D eigenvalue weighted by molar-refractivity contribution is -0.153. The van der Waals surface area contributed by atoms with Gasteiger partial charge < -0.3 is 9.80 Å². The maximum absolute atomic E-state index is 12.9. The quantitative estimate of drug-likeness (QED) is 0.606. The molecule has 1 fully saturated rings. The summed E-state index contributed by atoms with van der Waals surface area (Å²) in [6, 6.07) is 21.2. The van der Waals surface area contributed by atoms with Crippen LogP contribution < -0.4 is 0 Å². The minimum atomic E-state index is -0.347. The first-order valence-electron chi connectivity index (χ1n) is 11.6. The van der Waals surface area contributed by atoms with Gasteiger partial charge >= 0.3 is 11.8 Å². The fourth-order valence-electron chi connectivity index (χ4n) is 4.27. The van der Waals surface area contributed by atoms with Crippen molar-refractivity contribution in [2.75, 3.05) is 39.3 Å². The molecule has 2 amide bonds. The average Bonchev–Trinajstić information content (AvgIpc) is 2.83. The van der Waals surface area contributed by atoms with Crippen molar-refractivity contribution in [3.63, 3.8) is 0 Å². The van der Waals surface area contributed by atoms with Crippen molar-refractivity contribution in [3.05, 3.63) is 71.8 Å². The summed E-state index contributed by atoms with van der Waals surface area (Å²) in [5.74, 6) is -0.688. The highest BCUT2D eigenvalue weighted by Crippen LogP contribution is 2.29. The molecule has 0 spiro atoms. The Balaban J connectivity index is 1.68. The standard InChI is InChI=1S/C26H35N3O2/c1-3-5-17-28(16-4-2)25(30)26(31)29-20-18-27(19-21-29)24(22-12-8-6-9-13-22)23-14-10-7-11-15-23/h6-15,24H,3-5,16-21H2,1-2H3. The van der Waals surface area contributed by atoms with Gasteiger partial charge in [-0.3, -0.25) is 14.5 Å². The van der Waals surface area contributed by atoms with E-state index in [-0.39, 0.29) is 17.9 Å². The molecule has 1 aliphatic rings. The largest absolute Gasteiger partial charge is 0.334 e. The van der Waals surface area contributed by atoms with Crippen LogP contribution in [0.2, 0.25) is 0 Å².